The van der Waals surface area contributed by atoms with Crippen molar-refractivity contribution in [3.63, 3.8) is 0 Å². The molecule has 0 aliphatic rings. The van der Waals surface area contributed by atoms with Gasteiger partial charge in [-0.2, -0.15) is 5.10 Å². The molecule has 1 aromatic carbocycles. The summed E-state index contributed by atoms with van der Waals surface area (Å²) >= 11 is 12.2. The van der Waals surface area contributed by atoms with Gasteiger partial charge in [-0.25, -0.2) is 4.68 Å². The van der Waals surface area contributed by atoms with Gasteiger partial charge in [-0.15, -0.1) is 10.2 Å². The topological polar surface area (TPSA) is 56.2 Å². The second-order valence-corrected chi connectivity index (χ2v) is 5.52. The second-order valence-electron chi connectivity index (χ2n) is 4.68. The molecule has 0 spiro atoms. The molecule has 0 atom stereocenters. The zero-order chi connectivity index (χ0) is 15.7. The standard InChI is InChI=1S/C15H12Cl2N4O/c1-9-19-20-10(2)21(9)18-8-12-4-6-15(22-12)13-7-11(16)3-5-14(13)17/h3-8H,1-2H3/b18-8-. The normalized spacial score (nSPS) is 11.5. The van der Waals surface area contributed by atoms with Gasteiger partial charge in [-0.1, -0.05) is 23.2 Å². The minimum Gasteiger partial charge on any atom is -0.455 e. The summed E-state index contributed by atoms with van der Waals surface area (Å²) in [4.78, 5) is 0. The molecular formula is C15H12Cl2N4O. The Morgan fingerprint density at radius 1 is 1.09 bits per heavy atom. The van der Waals surface area contributed by atoms with Crippen LogP contribution in [-0.4, -0.2) is 21.1 Å². The lowest BCUT2D eigenvalue weighted by Gasteiger charge is -2.01. The molecule has 0 amide bonds. The van der Waals surface area contributed by atoms with Crippen LogP contribution in [0.1, 0.15) is 17.4 Å². The monoisotopic (exact) mass is 334 g/mol. The molecule has 2 heterocycles. The average molecular weight is 335 g/mol. The fourth-order valence-corrected chi connectivity index (χ4v) is 2.38. The minimum absolute atomic E-state index is 0.577. The lowest BCUT2D eigenvalue weighted by Crippen LogP contribution is -1.95. The van der Waals surface area contributed by atoms with Gasteiger partial charge in [0.15, 0.2) is 11.6 Å². The highest BCUT2D eigenvalue weighted by Gasteiger charge is 2.09. The van der Waals surface area contributed by atoms with Crippen molar-refractivity contribution in [2.24, 2.45) is 5.10 Å². The van der Waals surface area contributed by atoms with Crippen molar-refractivity contribution in [1.82, 2.24) is 14.9 Å². The van der Waals surface area contributed by atoms with Crippen LogP contribution < -0.4 is 0 Å². The Kier molecular flexibility index (Phi) is 4.00. The summed E-state index contributed by atoms with van der Waals surface area (Å²) in [6.45, 7) is 3.66. The Bertz CT molecular complexity index is 832. The maximum Gasteiger partial charge on any atom is 0.151 e. The van der Waals surface area contributed by atoms with Crippen molar-refractivity contribution in [2.45, 2.75) is 13.8 Å². The summed E-state index contributed by atoms with van der Waals surface area (Å²) in [6.07, 6.45) is 1.60. The van der Waals surface area contributed by atoms with E-state index in [-0.39, 0.29) is 0 Å². The maximum absolute atomic E-state index is 6.17. The zero-order valence-electron chi connectivity index (χ0n) is 11.9. The summed E-state index contributed by atoms with van der Waals surface area (Å²) < 4.78 is 7.37. The first-order valence-corrected chi connectivity index (χ1v) is 7.28. The van der Waals surface area contributed by atoms with Gasteiger partial charge >= 0.3 is 0 Å². The van der Waals surface area contributed by atoms with Gasteiger partial charge in [-0.05, 0) is 44.2 Å². The van der Waals surface area contributed by atoms with Crippen LogP contribution in [0.5, 0.6) is 0 Å². The van der Waals surface area contributed by atoms with E-state index in [4.69, 9.17) is 27.6 Å². The third-order valence-electron chi connectivity index (χ3n) is 3.07. The second kappa shape index (κ2) is 5.94. The molecular weight excluding hydrogens is 323 g/mol. The van der Waals surface area contributed by atoms with E-state index in [1.807, 2.05) is 26.0 Å². The number of nitrogens with zero attached hydrogens (tertiary/aromatic N) is 4. The Balaban J connectivity index is 1.90. The number of furan rings is 1. The molecule has 112 valence electrons. The van der Waals surface area contributed by atoms with Crippen molar-refractivity contribution >= 4 is 29.4 Å². The Labute approximate surface area is 137 Å². The SMILES string of the molecule is Cc1nnc(C)n1/N=C\c1ccc(-c2cc(Cl)ccc2Cl)o1. The highest BCUT2D eigenvalue weighted by atomic mass is 35.5. The van der Waals surface area contributed by atoms with E-state index < -0.39 is 0 Å². The van der Waals surface area contributed by atoms with E-state index in [1.54, 1.807) is 29.1 Å². The first kappa shape index (κ1) is 14.8. The van der Waals surface area contributed by atoms with Gasteiger partial charge in [0.25, 0.3) is 0 Å². The number of aryl methyl sites for hydroxylation is 2. The quantitative estimate of drug-likeness (QED) is 0.669. The predicted molar refractivity (Wildman–Crippen MR) is 86.7 cm³/mol. The van der Waals surface area contributed by atoms with Crippen LogP contribution in [-0.2, 0) is 0 Å². The Morgan fingerprint density at radius 3 is 2.55 bits per heavy atom. The van der Waals surface area contributed by atoms with Crippen LogP contribution in [0.3, 0.4) is 0 Å². The molecule has 0 fully saturated rings. The van der Waals surface area contributed by atoms with Crippen molar-refractivity contribution in [3.8, 4) is 11.3 Å². The molecule has 22 heavy (non-hydrogen) atoms. The van der Waals surface area contributed by atoms with E-state index in [0.29, 0.717) is 33.2 Å². The minimum atomic E-state index is 0.577. The van der Waals surface area contributed by atoms with Crippen LogP contribution in [0.15, 0.2) is 39.9 Å². The van der Waals surface area contributed by atoms with Crippen molar-refractivity contribution < 1.29 is 4.42 Å². The fraction of sp³-hybridized carbons (Fsp3) is 0.133. The number of hydrogen-bond donors (Lipinski definition) is 0. The highest BCUT2D eigenvalue weighted by molar-refractivity contribution is 6.35. The molecule has 0 aliphatic carbocycles. The molecule has 3 aromatic rings. The number of aromatic nitrogens is 3. The molecule has 2 aromatic heterocycles. The van der Waals surface area contributed by atoms with Gasteiger partial charge in [0, 0.05) is 10.6 Å². The number of hydrogen-bond acceptors (Lipinski definition) is 4. The third kappa shape index (κ3) is 2.91. The van der Waals surface area contributed by atoms with Gasteiger partial charge in [-0.3, -0.25) is 0 Å². The first-order chi connectivity index (χ1) is 10.5. The molecule has 0 N–H and O–H groups in total. The highest BCUT2D eigenvalue weighted by Crippen LogP contribution is 2.31. The van der Waals surface area contributed by atoms with Gasteiger partial charge < -0.3 is 4.42 Å². The Hall–Kier alpha value is -2.11. The molecule has 0 aliphatic heterocycles. The third-order valence-corrected chi connectivity index (χ3v) is 3.64. The summed E-state index contributed by atoms with van der Waals surface area (Å²) in [5.74, 6) is 2.64. The predicted octanol–water partition coefficient (Wildman–Crippen LogP) is 4.34. The van der Waals surface area contributed by atoms with Crippen LogP contribution in [0.4, 0.5) is 0 Å². The summed E-state index contributed by atoms with van der Waals surface area (Å²) in [5.41, 5.74) is 0.741. The average Bonchev–Trinajstić information content (AvgIpc) is 3.07. The lowest BCUT2D eigenvalue weighted by molar-refractivity contribution is 0.574. The van der Waals surface area contributed by atoms with E-state index in [9.17, 15) is 0 Å². The van der Waals surface area contributed by atoms with Crippen LogP contribution in [0.25, 0.3) is 11.3 Å². The largest absolute Gasteiger partial charge is 0.455 e. The Morgan fingerprint density at radius 2 is 1.82 bits per heavy atom. The van der Waals surface area contributed by atoms with E-state index in [2.05, 4.69) is 15.3 Å². The molecule has 0 radical (unpaired) electrons. The fourth-order valence-electron chi connectivity index (χ4n) is 2.00. The van der Waals surface area contributed by atoms with Crippen molar-refractivity contribution in [3.05, 3.63) is 57.8 Å². The number of benzene rings is 1. The summed E-state index contributed by atoms with van der Waals surface area (Å²) in [6, 6.07) is 8.86. The van der Waals surface area contributed by atoms with Crippen LogP contribution >= 0.6 is 23.2 Å². The van der Waals surface area contributed by atoms with Crippen LogP contribution in [0, 0.1) is 13.8 Å². The van der Waals surface area contributed by atoms with Gasteiger partial charge in [0.1, 0.15) is 11.5 Å². The molecule has 0 saturated heterocycles. The van der Waals surface area contributed by atoms with Crippen molar-refractivity contribution in [2.75, 3.05) is 0 Å². The number of halogens is 2. The van der Waals surface area contributed by atoms with Crippen LogP contribution in [0.2, 0.25) is 10.0 Å². The maximum atomic E-state index is 6.17. The van der Waals surface area contributed by atoms with Crippen molar-refractivity contribution in [1.29, 1.82) is 0 Å². The molecule has 5 nitrogen and oxygen atoms in total. The van der Waals surface area contributed by atoms with E-state index >= 15 is 0 Å². The molecule has 0 bridgehead atoms. The molecule has 3 rings (SSSR count). The lowest BCUT2D eigenvalue weighted by atomic mass is 10.2. The van der Waals surface area contributed by atoms with Gasteiger partial charge in [0.05, 0.1) is 11.2 Å². The number of rotatable bonds is 3. The van der Waals surface area contributed by atoms with Gasteiger partial charge in [0.2, 0.25) is 0 Å². The summed E-state index contributed by atoms with van der Waals surface area (Å²) in [7, 11) is 0. The molecule has 0 saturated carbocycles. The molecule has 0 unspecified atom stereocenters. The molecule has 7 heteroatoms. The van der Waals surface area contributed by atoms with E-state index in [1.165, 1.54) is 0 Å². The first-order valence-electron chi connectivity index (χ1n) is 6.53. The van der Waals surface area contributed by atoms with E-state index in [0.717, 1.165) is 5.56 Å². The summed E-state index contributed by atoms with van der Waals surface area (Å²) in [5, 5.41) is 13.3. The zero-order valence-corrected chi connectivity index (χ0v) is 13.4. The smallest absolute Gasteiger partial charge is 0.151 e.